The molecule has 0 saturated heterocycles. The number of aromatic nitrogens is 5. The van der Waals surface area contributed by atoms with Crippen molar-refractivity contribution in [2.45, 2.75) is 6.92 Å². The molecule has 4 aromatic heterocycles. The van der Waals surface area contributed by atoms with Crippen molar-refractivity contribution in [2.24, 2.45) is 7.05 Å². The molecule has 0 radical (unpaired) electrons. The number of carbonyl (C=O) groups is 1. The number of fused-ring (bicyclic) bond motifs is 1. The Morgan fingerprint density at radius 1 is 1.02 bits per heavy atom. The Labute approximate surface area is 238 Å². The van der Waals surface area contributed by atoms with E-state index in [-0.39, 0.29) is 22.9 Å². The van der Waals surface area contributed by atoms with Crippen LogP contribution in [0.25, 0.3) is 28.0 Å². The molecule has 0 fully saturated rings. The summed E-state index contributed by atoms with van der Waals surface area (Å²) in [5.74, 6) is 1.18. The first-order valence-corrected chi connectivity index (χ1v) is 12.8. The van der Waals surface area contributed by atoms with Gasteiger partial charge in [0.1, 0.15) is 40.0 Å². The van der Waals surface area contributed by atoms with Gasteiger partial charge in [-0.2, -0.15) is 0 Å². The van der Waals surface area contributed by atoms with E-state index in [1.807, 2.05) is 6.07 Å². The van der Waals surface area contributed by atoms with E-state index in [2.05, 4.69) is 20.4 Å². The lowest BCUT2D eigenvalue weighted by molar-refractivity contribution is 0.102. The van der Waals surface area contributed by atoms with Gasteiger partial charge in [-0.05, 0) is 43.3 Å². The number of nitrogens with one attached hydrogen (secondary N) is 1. The van der Waals surface area contributed by atoms with Crippen molar-refractivity contribution in [3.05, 3.63) is 101 Å². The van der Waals surface area contributed by atoms with Crippen molar-refractivity contribution in [3.8, 4) is 40.1 Å². The lowest BCUT2D eigenvalue weighted by atomic mass is 10.1. The minimum absolute atomic E-state index is 0.0350. The molecule has 0 aliphatic carbocycles. The first-order valence-electron chi connectivity index (χ1n) is 12.8. The summed E-state index contributed by atoms with van der Waals surface area (Å²) in [5.41, 5.74) is 1.11. The Morgan fingerprint density at radius 3 is 2.52 bits per heavy atom. The Bertz CT molecular complexity index is 1990. The summed E-state index contributed by atoms with van der Waals surface area (Å²) >= 11 is 0. The number of aromatic hydroxyl groups is 1. The number of hydrogen-bond donors (Lipinski definition) is 2. The normalized spacial score (nSPS) is 11.0. The number of rotatable bonds is 7. The van der Waals surface area contributed by atoms with E-state index in [9.17, 15) is 14.7 Å². The Kier molecular flexibility index (Phi) is 6.63. The van der Waals surface area contributed by atoms with Gasteiger partial charge in [-0.25, -0.2) is 9.67 Å². The van der Waals surface area contributed by atoms with E-state index in [1.165, 1.54) is 24.1 Å². The fourth-order valence-electron chi connectivity index (χ4n) is 4.65. The molecule has 0 bridgehead atoms. The molecule has 2 N–H and O–H groups in total. The van der Waals surface area contributed by atoms with Crippen molar-refractivity contribution in [2.75, 3.05) is 12.4 Å². The molecule has 12 heteroatoms. The van der Waals surface area contributed by atoms with Gasteiger partial charge in [-0.15, -0.1) is 0 Å². The maximum absolute atomic E-state index is 13.6. The number of ether oxygens (including phenoxy) is 2. The molecule has 0 aliphatic heterocycles. The molecule has 6 aromatic rings. The van der Waals surface area contributed by atoms with E-state index in [1.54, 1.807) is 79.4 Å². The number of para-hydroxylation sites is 1. The fourth-order valence-corrected chi connectivity index (χ4v) is 4.65. The number of benzene rings is 2. The van der Waals surface area contributed by atoms with Gasteiger partial charge in [0.25, 0.3) is 11.5 Å². The number of nitrogens with zero attached hydrogens (tertiary/aromatic N) is 5. The second kappa shape index (κ2) is 10.6. The summed E-state index contributed by atoms with van der Waals surface area (Å²) in [7, 11) is 3.13. The second-order valence-corrected chi connectivity index (χ2v) is 9.31. The van der Waals surface area contributed by atoms with Crippen LogP contribution in [-0.4, -0.2) is 42.6 Å². The third-order valence-electron chi connectivity index (χ3n) is 6.57. The smallest absolute Gasteiger partial charge is 0.285 e. The van der Waals surface area contributed by atoms with Crippen LogP contribution < -0.4 is 20.3 Å². The molecule has 210 valence electrons. The second-order valence-electron chi connectivity index (χ2n) is 9.31. The molecule has 4 heterocycles. The van der Waals surface area contributed by atoms with Crippen molar-refractivity contribution in [1.29, 1.82) is 0 Å². The zero-order valence-corrected chi connectivity index (χ0v) is 22.7. The average molecular weight is 565 g/mol. The third kappa shape index (κ3) is 4.70. The number of carbonyl (C=O) groups excluding carboxylic acids is 1. The van der Waals surface area contributed by atoms with Crippen molar-refractivity contribution in [3.63, 3.8) is 0 Å². The molecule has 0 unspecified atom stereocenters. The van der Waals surface area contributed by atoms with Gasteiger partial charge < -0.3 is 24.4 Å². The van der Waals surface area contributed by atoms with E-state index in [4.69, 9.17) is 14.0 Å². The molecular weight excluding hydrogens is 540 g/mol. The van der Waals surface area contributed by atoms with Gasteiger partial charge in [0.05, 0.1) is 24.5 Å². The van der Waals surface area contributed by atoms with Gasteiger partial charge >= 0.3 is 0 Å². The molecular formula is C30H24N6O6. The quantitative estimate of drug-likeness (QED) is 0.278. The number of phenolic OH excluding ortho intramolecular Hbond substituents is 1. The molecule has 0 spiro atoms. The number of aryl methyl sites for hydroxylation is 1. The topological polar surface area (TPSA) is 147 Å². The molecule has 0 aliphatic rings. The largest absolute Gasteiger partial charge is 0.504 e. The molecule has 12 nitrogen and oxygen atoms in total. The van der Waals surface area contributed by atoms with Crippen LogP contribution in [-0.2, 0) is 7.05 Å². The predicted molar refractivity (Wildman–Crippen MR) is 153 cm³/mol. The van der Waals surface area contributed by atoms with Crippen LogP contribution >= 0.6 is 0 Å². The van der Waals surface area contributed by atoms with Crippen LogP contribution in [0.4, 0.5) is 5.82 Å². The summed E-state index contributed by atoms with van der Waals surface area (Å²) in [6, 6.07) is 18.6. The first kappa shape index (κ1) is 26.3. The minimum Gasteiger partial charge on any atom is -0.504 e. The number of pyridine rings is 2. The predicted octanol–water partition coefficient (Wildman–Crippen LogP) is 4.84. The zero-order chi connectivity index (χ0) is 29.4. The summed E-state index contributed by atoms with van der Waals surface area (Å²) < 4.78 is 19.4. The molecule has 2 aromatic carbocycles. The third-order valence-corrected chi connectivity index (χ3v) is 6.57. The summed E-state index contributed by atoms with van der Waals surface area (Å²) in [6.45, 7) is 1.73. The molecule has 0 saturated carbocycles. The van der Waals surface area contributed by atoms with Gasteiger partial charge in [-0.3, -0.25) is 19.3 Å². The monoisotopic (exact) mass is 564 g/mol. The van der Waals surface area contributed by atoms with Crippen LogP contribution in [0.15, 0.2) is 88.4 Å². The number of anilines is 1. The average Bonchev–Trinajstić information content (AvgIpc) is 3.53. The number of phenols is 1. The zero-order valence-electron chi connectivity index (χ0n) is 22.7. The molecule has 1 amide bonds. The lowest BCUT2D eigenvalue weighted by Gasteiger charge is -2.11. The first-order chi connectivity index (χ1) is 20.3. The maximum Gasteiger partial charge on any atom is 0.285 e. The van der Waals surface area contributed by atoms with E-state index < -0.39 is 11.5 Å². The summed E-state index contributed by atoms with van der Waals surface area (Å²) in [4.78, 5) is 35.7. The van der Waals surface area contributed by atoms with E-state index in [0.717, 1.165) is 0 Å². The van der Waals surface area contributed by atoms with E-state index in [0.29, 0.717) is 45.2 Å². The molecule has 6 rings (SSSR count). The van der Waals surface area contributed by atoms with Gasteiger partial charge in [0.15, 0.2) is 11.5 Å². The maximum atomic E-state index is 13.6. The Morgan fingerprint density at radius 2 is 1.83 bits per heavy atom. The fraction of sp³-hybridized carbons (Fsp3) is 0.100. The summed E-state index contributed by atoms with van der Waals surface area (Å²) in [5, 5.41) is 17.4. The highest BCUT2D eigenvalue weighted by atomic mass is 16.5. The van der Waals surface area contributed by atoms with Crippen LogP contribution in [0, 0.1) is 6.92 Å². The van der Waals surface area contributed by atoms with Crippen LogP contribution in [0.5, 0.6) is 23.0 Å². The standard InChI is InChI=1S/C30H24N6O6/c1-17-13-22(34-42-17)28-27(30(39)36(35(28)2)18-7-5-4-6-8-18)29(38)33-26-10-9-19(16-32-26)41-24-11-12-31-21-15-23(37)25(40-3)14-20(21)24/h4-16,37H,1-3H3,(H,32,33,38). The van der Waals surface area contributed by atoms with Gasteiger partial charge in [0, 0.05) is 30.8 Å². The SMILES string of the molecule is COc1cc2c(Oc3ccc(NC(=O)c4c(-c5cc(C)on5)n(C)n(-c5ccccc5)c4=O)nc3)ccnc2cc1O. The lowest BCUT2D eigenvalue weighted by Crippen LogP contribution is -2.25. The number of methoxy groups -OCH3 is 1. The minimum atomic E-state index is -0.658. The number of hydrogen-bond acceptors (Lipinski definition) is 9. The highest BCUT2D eigenvalue weighted by Crippen LogP contribution is 2.36. The summed E-state index contributed by atoms with van der Waals surface area (Å²) in [6.07, 6.45) is 3.00. The highest BCUT2D eigenvalue weighted by Gasteiger charge is 2.28. The van der Waals surface area contributed by atoms with E-state index >= 15 is 0 Å². The van der Waals surface area contributed by atoms with Crippen molar-refractivity contribution >= 4 is 22.6 Å². The van der Waals surface area contributed by atoms with Crippen molar-refractivity contribution < 1.29 is 23.9 Å². The van der Waals surface area contributed by atoms with Gasteiger partial charge in [0.2, 0.25) is 0 Å². The van der Waals surface area contributed by atoms with Gasteiger partial charge in [-0.1, -0.05) is 23.4 Å². The Hall–Kier alpha value is -5.91. The van der Waals surface area contributed by atoms with Crippen molar-refractivity contribution in [1.82, 2.24) is 24.5 Å². The highest BCUT2D eigenvalue weighted by molar-refractivity contribution is 6.07. The van der Waals surface area contributed by atoms with Crippen LogP contribution in [0.3, 0.4) is 0 Å². The molecule has 0 atom stereocenters. The number of amides is 1. The Balaban J connectivity index is 1.30. The molecule has 42 heavy (non-hydrogen) atoms. The van der Waals surface area contributed by atoms with Crippen LogP contribution in [0.2, 0.25) is 0 Å². The van der Waals surface area contributed by atoms with Crippen LogP contribution in [0.1, 0.15) is 16.1 Å².